The van der Waals surface area contributed by atoms with Crippen molar-refractivity contribution in [2.24, 2.45) is 0 Å². The Labute approximate surface area is 135 Å². The van der Waals surface area contributed by atoms with Crippen molar-refractivity contribution in [1.29, 1.82) is 0 Å². The Morgan fingerprint density at radius 3 is 2.53 bits per heavy atom. The van der Waals surface area contributed by atoms with Crippen LogP contribution in [0, 0.1) is 6.92 Å². The van der Waals surface area contributed by atoms with E-state index in [1.165, 1.54) is 11.1 Å². The average molecular weight is 404 g/mol. The molecule has 4 heteroatoms. The fourth-order valence-electron chi connectivity index (χ4n) is 1.91. The third-order valence-corrected chi connectivity index (χ3v) is 4.42. The largest absolute Gasteiger partial charge is 0.378 e. The Balaban J connectivity index is 2.25. The van der Waals surface area contributed by atoms with Crippen molar-refractivity contribution in [3.05, 3.63) is 61.5 Å². The topological polar surface area (TPSA) is 12.0 Å². The van der Waals surface area contributed by atoms with Gasteiger partial charge in [0.25, 0.3) is 0 Å². The molecular formula is C15H14Br2ClN. The molecule has 0 bridgehead atoms. The van der Waals surface area contributed by atoms with Gasteiger partial charge in [0.05, 0.1) is 0 Å². The van der Waals surface area contributed by atoms with Crippen LogP contribution in [0.1, 0.15) is 24.1 Å². The van der Waals surface area contributed by atoms with Crippen LogP contribution in [0.5, 0.6) is 0 Å². The summed E-state index contributed by atoms with van der Waals surface area (Å²) in [7, 11) is 0. The van der Waals surface area contributed by atoms with E-state index in [9.17, 15) is 0 Å². The molecule has 19 heavy (non-hydrogen) atoms. The first-order valence-corrected chi connectivity index (χ1v) is 7.91. The third-order valence-electron chi connectivity index (χ3n) is 3.00. The fraction of sp³-hybridized carbons (Fsp3) is 0.200. The van der Waals surface area contributed by atoms with Crippen molar-refractivity contribution in [1.82, 2.24) is 0 Å². The van der Waals surface area contributed by atoms with Gasteiger partial charge in [0.1, 0.15) is 0 Å². The Bertz CT molecular complexity index is 599. The van der Waals surface area contributed by atoms with Gasteiger partial charge in [-0.2, -0.15) is 0 Å². The lowest BCUT2D eigenvalue weighted by Gasteiger charge is -2.19. The monoisotopic (exact) mass is 401 g/mol. The maximum absolute atomic E-state index is 6.04. The van der Waals surface area contributed by atoms with Crippen molar-refractivity contribution in [2.75, 3.05) is 5.32 Å². The van der Waals surface area contributed by atoms with E-state index in [0.29, 0.717) is 0 Å². The summed E-state index contributed by atoms with van der Waals surface area (Å²) in [6.07, 6.45) is 0. The zero-order chi connectivity index (χ0) is 14.0. The first-order valence-electron chi connectivity index (χ1n) is 5.95. The van der Waals surface area contributed by atoms with Gasteiger partial charge in [-0.05, 0) is 49.2 Å². The van der Waals surface area contributed by atoms with Crippen LogP contribution < -0.4 is 5.32 Å². The minimum absolute atomic E-state index is 0.194. The Morgan fingerprint density at radius 1 is 1.11 bits per heavy atom. The molecule has 1 atom stereocenters. The van der Waals surface area contributed by atoms with Crippen molar-refractivity contribution in [3.8, 4) is 0 Å². The number of anilines is 1. The number of nitrogens with one attached hydrogen (secondary N) is 1. The predicted octanol–water partition coefficient (Wildman–Crippen LogP) is 6.35. The quantitative estimate of drug-likeness (QED) is 0.630. The van der Waals surface area contributed by atoms with E-state index in [1.54, 1.807) is 0 Å². The van der Waals surface area contributed by atoms with Gasteiger partial charge in [-0.1, -0.05) is 55.6 Å². The molecule has 0 radical (unpaired) electrons. The van der Waals surface area contributed by atoms with Crippen molar-refractivity contribution in [3.63, 3.8) is 0 Å². The summed E-state index contributed by atoms with van der Waals surface area (Å²) in [5, 5.41) is 4.24. The smallest absolute Gasteiger partial charge is 0.0496 e. The lowest BCUT2D eigenvalue weighted by molar-refractivity contribution is 0.876. The fourth-order valence-corrected chi connectivity index (χ4v) is 3.48. The second-order valence-electron chi connectivity index (χ2n) is 4.49. The van der Waals surface area contributed by atoms with Gasteiger partial charge in [0.15, 0.2) is 0 Å². The van der Waals surface area contributed by atoms with Gasteiger partial charge in [-0.15, -0.1) is 0 Å². The molecule has 0 saturated carbocycles. The summed E-state index contributed by atoms with van der Waals surface area (Å²) >= 11 is 13.1. The maximum atomic E-state index is 6.04. The van der Waals surface area contributed by atoms with Crippen LogP contribution in [0.3, 0.4) is 0 Å². The van der Waals surface area contributed by atoms with Gasteiger partial charge in [0, 0.05) is 25.7 Å². The Morgan fingerprint density at radius 2 is 1.84 bits per heavy atom. The summed E-state index contributed by atoms with van der Waals surface area (Å²) in [6, 6.07) is 12.3. The summed E-state index contributed by atoms with van der Waals surface area (Å²) in [4.78, 5) is 0. The van der Waals surface area contributed by atoms with E-state index in [4.69, 9.17) is 11.6 Å². The van der Waals surface area contributed by atoms with Crippen LogP contribution in [-0.2, 0) is 0 Å². The van der Waals surface area contributed by atoms with Crippen LogP contribution in [0.4, 0.5) is 5.69 Å². The van der Waals surface area contributed by atoms with Crippen LogP contribution in [0.15, 0.2) is 45.3 Å². The molecule has 1 N–H and O–H groups in total. The second kappa shape index (κ2) is 6.29. The number of rotatable bonds is 3. The molecule has 100 valence electrons. The maximum Gasteiger partial charge on any atom is 0.0496 e. The normalized spacial score (nSPS) is 12.3. The molecule has 2 aromatic carbocycles. The number of aryl methyl sites for hydroxylation is 1. The minimum atomic E-state index is 0.194. The van der Waals surface area contributed by atoms with Gasteiger partial charge in [0.2, 0.25) is 0 Å². The minimum Gasteiger partial charge on any atom is -0.378 e. The molecular weight excluding hydrogens is 389 g/mol. The van der Waals surface area contributed by atoms with Gasteiger partial charge < -0.3 is 5.32 Å². The van der Waals surface area contributed by atoms with Crippen molar-refractivity contribution in [2.45, 2.75) is 19.9 Å². The molecule has 0 heterocycles. The zero-order valence-electron chi connectivity index (χ0n) is 10.7. The zero-order valence-corrected chi connectivity index (χ0v) is 14.6. The molecule has 0 fully saturated rings. The molecule has 0 aromatic heterocycles. The predicted molar refractivity (Wildman–Crippen MR) is 90.1 cm³/mol. The highest BCUT2D eigenvalue weighted by molar-refractivity contribution is 9.11. The van der Waals surface area contributed by atoms with Crippen LogP contribution in [-0.4, -0.2) is 0 Å². The Kier molecular flexibility index (Phi) is 4.93. The number of halogens is 3. The number of benzene rings is 2. The number of hydrogen-bond donors (Lipinski definition) is 1. The van der Waals surface area contributed by atoms with E-state index in [-0.39, 0.29) is 6.04 Å². The standard InChI is InChI=1S/C15H14Br2ClN/c1-9-3-5-12(18)8-15(9)19-10(2)13-6-4-11(16)7-14(13)17/h3-8,10,19H,1-2H3. The highest BCUT2D eigenvalue weighted by Gasteiger charge is 2.11. The molecule has 1 nitrogen and oxygen atoms in total. The molecule has 2 aromatic rings. The van der Waals surface area contributed by atoms with E-state index in [2.05, 4.69) is 63.2 Å². The third kappa shape index (κ3) is 3.74. The van der Waals surface area contributed by atoms with Crippen molar-refractivity contribution < 1.29 is 0 Å². The van der Waals surface area contributed by atoms with E-state index < -0.39 is 0 Å². The molecule has 0 aliphatic heterocycles. The molecule has 0 aliphatic carbocycles. The molecule has 0 saturated heterocycles. The number of hydrogen-bond acceptors (Lipinski definition) is 1. The lowest BCUT2D eigenvalue weighted by atomic mass is 10.1. The summed E-state index contributed by atoms with van der Waals surface area (Å²) in [5.74, 6) is 0. The first kappa shape index (κ1) is 14.9. The van der Waals surface area contributed by atoms with Crippen LogP contribution in [0.25, 0.3) is 0 Å². The Hall–Kier alpha value is -0.510. The first-order chi connectivity index (χ1) is 8.97. The molecule has 0 amide bonds. The van der Waals surface area contributed by atoms with Gasteiger partial charge in [-0.25, -0.2) is 0 Å². The molecule has 0 spiro atoms. The molecule has 2 rings (SSSR count). The summed E-state index contributed by atoms with van der Waals surface area (Å²) in [5.41, 5.74) is 3.46. The SMILES string of the molecule is Cc1ccc(Cl)cc1NC(C)c1ccc(Br)cc1Br. The molecule has 1 unspecified atom stereocenters. The van der Waals surface area contributed by atoms with Crippen LogP contribution in [0.2, 0.25) is 5.02 Å². The highest BCUT2D eigenvalue weighted by atomic mass is 79.9. The average Bonchev–Trinajstić information content (AvgIpc) is 2.33. The van der Waals surface area contributed by atoms with Gasteiger partial charge >= 0.3 is 0 Å². The van der Waals surface area contributed by atoms with Crippen molar-refractivity contribution >= 4 is 49.1 Å². The van der Waals surface area contributed by atoms with E-state index in [0.717, 1.165) is 19.7 Å². The van der Waals surface area contributed by atoms with Crippen LogP contribution >= 0.6 is 43.5 Å². The second-order valence-corrected chi connectivity index (χ2v) is 6.70. The molecule has 0 aliphatic rings. The van der Waals surface area contributed by atoms with Gasteiger partial charge in [-0.3, -0.25) is 0 Å². The summed E-state index contributed by atoms with van der Waals surface area (Å²) < 4.78 is 2.15. The lowest BCUT2D eigenvalue weighted by Crippen LogP contribution is -2.08. The van der Waals surface area contributed by atoms with E-state index in [1.807, 2.05) is 24.3 Å². The highest BCUT2D eigenvalue weighted by Crippen LogP contribution is 2.30. The summed E-state index contributed by atoms with van der Waals surface area (Å²) in [6.45, 7) is 4.20. The van der Waals surface area contributed by atoms with E-state index >= 15 is 0 Å².